The van der Waals surface area contributed by atoms with Crippen LogP contribution in [0.4, 0.5) is 8.78 Å². The van der Waals surface area contributed by atoms with E-state index in [0.717, 1.165) is 0 Å². The number of allylic oxidation sites excluding steroid dienone is 1. The van der Waals surface area contributed by atoms with Crippen molar-refractivity contribution in [2.24, 2.45) is 0 Å². The maximum Gasteiger partial charge on any atom is 0.330 e. The van der Waals surface area contributed by atoms with E-state index in [1.807, 2.05) is 0 Å². The number of carboxylic acids is 1. The zero-order valence-corrected chi connectivity index (χ0v) is 11.4. The molecule has 0 aliphatic heterocycles. The lowest BCUT2D eigenvalue weighted by Crippen LogP contribution is -2.03. The molecule has 0 heterocycles. The second-order valence-corrected chi connectivity index (χ2v) is 4.74. The Hall–Kier alpha value is -2.49. The summed E-state index contributed by atoms with van der Waals surface area (Å²) in [7, 11) is 0. The molecule has 0 aliphatic carbocycles. The van der Waals surface area contributed by atoms with Crippen LogP contribution in [0.2, 0.25) is 0 Å². The number of carbonyl (C=O) groups is 1. The van der Waals surface area contributed by atoms with Crippen LogP contribution in [0.3, 0.4) is 0 Å². The van der Waals surface area contributed by atoms with Gasteiger partial charge in [0.2, 0.25) is 0 Å². The first-order valence-electron chi connectivity index (χ1n) is 6.40. The highest BCUT2D eigenvalue weighted by Crippen LogP contribution is 2.28. The Morgan fingerprint density at radius 1 is 1.05 bits per heavy atom. The zero-order valence-electron chi connectivity index (χ0n) is 11.4. The first-order chi connectivity index (χ1) is 9.97. The number of hydrogen-bond donors (Lipinski definition) is 1. The third-order valence-corrected chi connectivity index (χ3v) is 3.19. The summed E-state index contributed by atoms with van der Waals surface area (Å²) < 4.78 is 26.4. The Bertz CT molecular complexity index is 675. The van der Waals surface area contributed by atoms with Gasteiger partial charge in [-0.3, -0.25) is 0 Å². The molecule has 2 aromatic rings. The summed E-state index contributed by atoms with van der Waals surface area (Å²) >= 11 is 0. The van der Waals surface area contributed by atoms with E-state index in [4.69, 9.17) is 5.11 Å². The lowest BCUT2D eigenvalue weighted by molar-refractivity contribution is -0.132. The topological polar surface area (TPSA) is 37.3 Å². The van der Waals surface area contributed by atoms with E-state index in [1.54, 1.807) is 24.3 Å². The molecular weight excluding hydrogens is 274 g/mol. The van der Waals surface area contributed by atoms with Gasteiger partial charge in [0.25, 0.3) is 0 Å². The van der Waals surface area contributed by atoms with Gasteiger partial charge in [0.15, 0.2) is 0 Å². The zero-order chi connectivity index (χ0) is 15.4. The third kappa shape index (κ3) is 3.75. The van der Waals surface area contributed by atoms with Crippen molar-refractivity contribution < 1.29 is 18.7 Å². The average molecular weight is 288 g/mol. The van der Waals surface area contributed by atoms with Gasteiger partial charge < -0.3 is 5.11 Å². The van der Waals surface area contributed by atoms with Crippen LogP contribution >= 0.6 is 0 Å². The smallest absolute Gasteiger partial charge is 0.330 e. The van der Waals surface area contributed by atoms with E-state index in [0.29, 0.717) is 11.1 Å². The molecular formula is C17H14F2O2. The van der Waals surface area contributed by atoms with Gasteiger partial charge in [0.1, 0.15) is 11.6 Å². The Morgan fingerprint density at radius 2 is 1.71 bits per heavy atom. The van der Waals surface area contributed by atoms with Crippen LogP contribution < -0.4 is 0 Å². The number of hydrogen-bond acceptors (Lipinski definition) is 1. The second-order valence-electron chi connectivity index (χ2n) is 4.74. The van der Waals surface area contributed by atoms with Gasteiger partial charge in [-0.05, 0) is 42.3 Å². The van der Waals surface area contributed by atoms with Gasteiger partial charge in [-0.1, -0.05) is 30.3 Å². The molecule has 1 atom stereocenters. The molecule has 0 radical (unpaired) electrons. The lowest BCUT2D eigenvalue weighted by atomic mass is 9.89. The van der Waals surface area contributed by atoms with Gasteiger partial charge in [0.05, 0.1) is 0 Å². The highest BCUT2D eigenvalue weighted by molar-refractivity contribution is 5.86. The van der Waals surface area contributed by atoms with Crippen molar-refractivity contribution in [2.75, 3.05) is 0 Å². The van der Waals surface area contributed by atoms with Crippen LogP contribution in [-0.4, -0.2) is 11.1 Å². The Kier molecular flexibility index (Phi) is 4.48. The largest absolute Gasteiger partial charge is 0.478 e. The molecule has 0 spiro atoms. The molecule has 1 N–H and O–H groups in total. The summed E-state index contributed by atoms with van der Waals surface area (Å²) in [5.74, 6) is -2.27. The molecule has 0 fully saturated rings. The Morgan fingerprint density at radius 3 is 2.29 bits per heavy atom. The fourth-order valence-corrected chi connectivity index (χ4v) is 2.08. The SMILES string of the molecule is CC(=CC(c1ccc(F)cc1)c1cccc(F)c1)C(=O)O. The Balaban J connectivity index is 2.51. The standard InChI is InChI=1S/C17H14F2O2/c1-11(17(20)21)9-16(12-5-7-14(18)8-6-12)13-3-2-4-15(19)10-13/h2-10,16H,1H3,(H,20,21). The molecule has 0 aromatic heterocycles. The van der Waals surface area contributed by atoms with Gasteiger partial charge >= 0.3 is 5.97 Å². The maximum atomic E-state index is 13.4. The van der Waals surface area contributed by atoms with E-state index in [-0.39, 0.29) is 11.4 Å². The predicted molar refractivity (Wildman–Crippen MR) is 76.0 cm³/mol. The minimum atomic E-state index is -1.04. The van der Waals surface area contributed by atoms with Crippen molar-refractivity contribution in [1.29, 1.82) is 0 Å². The molecule has 21 heavy (non-hydrogen) atoms. The molecule has 108 valence electrons. The first-order valence-corrected chi connectivity index (χ1v) is 6.40. The van der Waals surface area contributed by atoms with E-state index in [2.05, 4.69) is 0 Å². The van der Waals surface area contributed by atoms with Crippen LogP contribution in [0.5, 0.6) is 0 Å². The predicted octanol–water partition coefficient (Wildman–Crippen LogP) is 4.13. The van der Waals surface area contributed by atoms with E-state index < -0.39 is 17.7 Å². The summed E-state index contributed by atoms with van der Waals surface area (Å²) in [4.78, 5) is 11.0. The number of halogens is 2. The maximum absolute atomic E-state index is 13.4. The quantitative estimate of drug-likeness (QED) is 0.859. The molecule has 2 rings (SSSR count). The monoisotopic (exact) mass is 288 g/mol. The second kappa shape index (κ2) is 6.31. The molecule has 2 aromatic carbocycles. The molecule has 4 heteroatoms. The minimum absolute atomic E-state index is 0.147. The molecule has 1 unspecified atom stereocenters. The van der Waals surface area contributed by atoms with E-state index >= 15 is 0 Å². The molecule has 2 nitrogen and oxygen atoms in total. The number of carboxylic acid groups (broad SMARTS) is 1. The number of benzene rings is 2. The molecule has 0 amide bonds. The summed E-state index contributed by atoms with van der Waals surface area (Å²) in [5.41, 5.74) is 1.46. The highest BCUT2D eigenvalue weighted by atomic mass is 19.1. The lowest BCUT2D eigenvalue weighted by Gasteiger charge is -2.15. The fourth-order valence-electron chi connectivity index (χ4n) is 2.08. The van der Waals surface area contributed by atoms with Crippen molar-refractivity contribution >= 4 is 5.97 Å². The van der Waals surface area contributed by atoms with Crippen molar-refractivity contribution in [3.05, 3.63) is 82.9 Å². The van der Waals surface area contributed by atoms with Crippen LogP contribution in [0.1, 0.15) is 24.0 Å². The van der Waals surface area contributed by atoms with Gasteiger partial charge in [-0.15, -0.1) is 0 Å². The molecule has 0 saturated carbocycles. The fraction of sp³-hybridized carbons (Fsp3) is 0.118. The molecule has 0 aliphatic rings. The minimum Gasteiger partial charge on any atom is -0.478 e. The summed E-state index contributed by atoms with van der Waals surface area (Å²) in [6, 6.07) is 11.7. The molecule has 0 saturated heterocycles. The summed E-state index contributed by atoms with van der Waals surface area (Å²) in [5, 5.41) is 9.02. The van der Waals surface area contributed by atoms with Crippen molar-refractivity contribution in [2.45, 2.75) is 12.8 Å². The van der Waals surface area contributed by atoms with Crippen LogP contribution in [0, 0.1) is 11.6 Å². The van der Waals surface area contributed by atoms with Crippen LogP contribution in [-0.2, 0) is 4.79 Å². The Labute approximate surface area is 121 Å². The molecule has 0 bridgehead atoms. The van der Waals surface area contributed by atoms with Gasteiger partial charge in [-0.2, -0.15) is 0 Å². The number of rotatable bonds is 4. The van der Waals surface area contributed by atoms with E-state index in [1.165, 1.54) is 37.3 Å². The van der Waals surface area contributed by atoms with E-state index in [9.17, 15) is 13.6 Å². The van der Waals surface area contributed by atoms with Crippen molar-refractivity contribution in [3.63, 3.8) is 0 Å². The van der Waals surface area contributed by atoms with Crippen molar-refractivity contribution in [1.82, 2.24) is 0 Å². The van der Waals surface area contributed by atoms with Gasteiger partial charge in [0, 0.05) is 11.5 Å². The summed E-state index contributed by atoms with van der Waals surface area (Å²) in [6.45, 7) is 1.47. The first kappa shape index (κ1) is 14.9. The normalized spacial score (nSPS) is 13.0. The average Bonchev–Trinajstić information content (AvgIpc) is 2.45. The highest BCUT2D eigenvalue weighted by Gasteiger charge is 2.14. The van der Waals surface area contributed by atoms with Crippen LogP contribution in [0.25, 0.3) is 0 Å². The van der Waals surface area contributed by atoms with Crippen LogP contribution in [0.15, 0.2) is 60.2 Å². The summed E-state index contributed by atoms with van der Waals surface area (Å²) in [6.07, 6.45) is 1.53. The number of aliphatic carboxylic acids is 1. The van der Waals surface area contributed by atoms with Crippen molar-refractivity contribution in [3.8, 4) is 0 Å². The van der Waals surface area contributed by atoms with Gasteiger partial charge in [-0.25, -0.2) is 13.6 Å². The third-order valence-electron chi connectivity index (χ3n) is 3.19.